The summed E-state index contributed by atoms with van der Waals surface area (Å²) in [6.07, 6.45) is 1.47. The first kappa shape index (κ1) is 14.2. The Hall–Kier alpha value is -1.85. The van der Waals surface area contributed by atoms with Crippen molar-refractivity contribution in [1.82, 2.24) is 9.88 Å². The van der Waals surface area contributed by atoms with Crippen LogP contribution >= 0.6 is 0 Å². The van der Waals surface area contributed by atoms with Gasteiger partial charge in [-0.25, -0.2) is 4.98 Å². The van der Waals surface area contributed by atoms with Crippen molar-refractivity contribution in [2.75, 3.05) is 7.05 Å². The molecular weight excluding hydrogens is 236 g/mol. The number of aryl methyl sites for hydroxylation is 1. The van der Waals surface area contributed by atoms with E-state index in [-0.39, 0.29) is 18.7 Å². The molecule has 0 aromatic carbocycles. The lowest BCUT2D eigenvalue weighted by atomic mass is 9.98. The zero-order valence-corrected chi connectivity index (χ0v) is 11.1. The van der Waals surface area contributed by atoms with Crippen LogP contribution in [0.2, 0.25) is 0 Å². The molecule has 0 bridgehead atoms. The summed E-state index contributed by atoms with van der Waals surface area (Å²) in [5.74, 6) is -0.171. The molecule has 6 nitrogen and oxygen atoms in total. The van der Waals surface area contributed by atoms with Crippen LogP contribution in [0.5, 0.6) is 0 Å². The molecule has 1 N–H and O–H groups in total. The first-order chi connectivity index (χ1) is 8.22. The minimum Gasteiger partial charge on any atom is -0.481 e. The molecule has 6 heteroatoms. The standard InChI is InChI=1S/C12H18N2O4/c1-8-7-13-9(18-8)5-10(15)14(4)12(2,3)6-11(16)17/h7H,5-6H2,1-4H3,(H,16,17). The van der Waals surface area contributed by atoms with Crippen molar-refractivity contribution in [3.63, 3.8) is 0 Å². The number of carbonyl (C=O) groups excluding carboxylic acids is 1. The highest BCUT2D eigenvalue weighted by molar-refractivity contribution is 5.79. The summed E-state index contributed by atoms with van der Waals surface area (Å²) >= 11 is 0. The van der Waals surface area contributed by atoms with Crippen LogP contribution in [0.1, 0.15) is 31.9 Å². The van der Waals surface area contributed by atoms with Gasteiger partial charge < -0.3 is 14.4 Å². The molecule has 0 radical (unpaired) electrons. The third-order valence-electron chi connectivity index (χ3n) is 2.84. The predicted octanol–water partition coefficient (Wildman–Crippen LogP) is 1.24. The number of likely N-dealkylation sites (N-methyl/N-ethyl adjacent to an activating group) is 1. The number of aromatic nitrogens is 1. The molecule has 0 saturated heterocycles. The smallest absolute Gasteiger partial charge is 0.305 e. The fraction of sp³-hybridized carbons (Fsp3) is 0.583. The van der Waals surface area contributed by atoms with Crippen LogP contribution in [-0.4, -0.2) is 39.5 Å². The number of hydrogen-bond donors (Lipinski definition) is 1. The van der Waals surface area contributed by atoms with Gasteiger partial charge in [0.25, 0.3) is 0 Å². The number of carbonyl (C=O) groups is 2. The number of hydrogen-bond acceptors (Lipinski definition) is 4. The number of nitrogens with zero attached hydrogens (tertiary/aromatic N) is 2. The highest BCUT2D eigenvalue weighted by atomic mass is 16.4. The Labute approximate surface area is 106 Å². The van der Waals surface area contributed by atoms with Gasteiger partial charge in [0.1, 0.15) is 12.2 Å². The van der Waals surface area contributed by atoms with Crippen LogP contribution in [0.15, 0.2) is 10.6 Å². The van der Waals surface area contributed by atoms with Gasteiger partial charge in [-0.2, -0.15) is 0 Å². The minimum absolute atomic E-state index is 0.0351. The Kier molecular flexibility index (Phi) is 4.11. The molecule has 0 aliphatic carbocycles. The highest BCUT2D eigenvalue weighted by Crippen LogP contribution is 2.18. The van der Waals surface area contributed by atoms with E-state index in [4.69, 9.17) is 9.52 Å². The van der Waals surface area contributed by atoms with Crippen molar-refractivity contribution >= 4 is 11.9 Å². The largest absolute Gasteiger partial charge is 0.481 e. The van der Waals surface area contributed by atoms with E-state index in [0.29, 0.717) is 11.7 Å². The lowest BCUT2D eigenvalue weighted by Crippen LogP contribution is -2.47. The molecule has 1 aromatic rings. The van der Waals surface area contributed by atoms with Gasteiger partial charge in [-0.1, -0.05) is 0 Å². The van der Waals surface area contributed by atoms with Crippen molar-refractivity contribution < 1.29 is 19.1 Å². The second kappa shape index (κ2) is 5.20. The highest BCUT2D eigenvalue weighted by Gasteiger charge is 2.30. The van der Waals surface area contributed by atoms with E-state index >= 15 is 0 Å². The van der Waals surface area contributed by atoms with E-state index < -0.39 is 11.5 Å². The molecule has 0 aliphatic heterocycles. The Morgan fingerprint density at radius 1 is 1.50 bits per heavy atom. The van der Waals surface area contributed by atoms with Crippen molar-refractivity contribution in [2.24, 2.45) is 0 Å². The van der Waals surface area contributed by atoms with E-state index in [9.17, 15) is 9.59 Å². The first-order valence-corrected chi connectivity index (χ1v) is 5.62. The van der Waals surface area contributed by atoms with Crippen LogP contribution in [0, 0.1) is 6.92 Å². The maximum absolute atomic E-state index is 12.0. The van der Waals surface area contributed by atoms with Crippen LogP contribution in [0.25, 0.3) is 0 Å². The van der Waals surface area contributed by atoms with E-state index in [2.05, 4.69) is 4.98 Å². The second-order valence-electron chi connectivity index (χ2n) is 4.88. The lowest BCUT2D eigenvalue weighted by molar-refractivity contribution is -0.142. The average molecular weight is 254 g/mol. The quantitative estimate of drug-likeness (QED) is 0.854. The summed E-state index contributed by atoms with van der Waals surface area (Å²) in [6, 6.07) is 0. The predicted molar refractivity (Wildman–Crippen MR) is 64.0 cm³/mol. The van der Waals surface area contributed by atoms with Gasteiger partial charge in [-0.05, 0) is 20.8 Å². The topological polar surface area (TPSA) is 83.6 Å². The summed E-state index contributed by atoms with van der Waals surface area (Å²) < 4.78 is 5.22. The number of oxazole rings is 1. The molecule has 18 heavy (non-hydrogen) atoms. The molecular formula is C12H18N2O4. The van der Waals surface area contributed by atoms with Crippen LogP contribution < -0.4 is 0 Å². The fourth-order valence-electron chi connectivity index (χ4n) is 1.56. The minimum atomic E-state index is -0.938. The Morgan fingerprint density at radius 3 is 2.56 bits per heavy atom. The Morgan fingerprint density at radius 2 is 2.11 bits per heavy atom. The summed E-state index contributed by atoms with van der Waals surface area (Å²) in [6.45, 7) is 5.17. The average Bonchev–Trinajstić information content (AvgIpc) is 2.60. The van der Waals surface area contributed by atoms with Gasteiger partial charge in [0.05, 0.1) is 12.6 Å². The van der Waals surface area contributed by atoms with Gasteiger partial charge in [0, 0.05) is 12.6 Å². The maximum atomic E-state index is 12.0. The van der Waals surface area contributed by atoms with Gasteiger partial charge in [-0.15, -0.1) is 0 Å². The third kappa shape index (κ3) is 3.58. The molecule has 0 unspecified atom stereocenters. The van der Waals surface area contributed by atoms with Crippen LogP contribution in [0.3, 0.4) is 0 Å². The molecule has 0 spiro atoms. The van der Waals surface area contributed by atoms with Crippen LogP contribution in [-0.2, 0) is 16.0 Å². The van der Waals surface area contributed by atoms with Crippen molar-refractivity contribution in [3.05, 3.63) is 17.8 Å². The summed E-state index contributed by atoms with van der Waals surface area (Å²) in [5, 5.41) is 8.80. The number of rotatable bonds is 5. The maximum Gasteiger partial charge on any atom is 0.305 e. The molecule has 1 amide bonds. The molecule has 0 aliphatic rings. The zero-order valence-electron chi connectivity index (χ0n) is 11.1. The van der Waals surface area contributed by atoms with E-state index in [0.717, 1.165) is 0 Å². The Bertz CT molecular complexity index is 451. The monoisotopic (exact) mass is 254 g/mol. The van der Waals surface area contributed by atoms with Crippen molar-refractivity contribution in [3.8, 4) is 0 Å². The van der Waals surface area contributed by atoms with Gasteiger partial charge in [0.15, 0.2) is 0 Å². The molecule has 0 fully saturated rings. The molecule has 0 saturated carbocycles. The first-order valence-electron chi connectivity index (χ1n) is 5.62. The van der Waals surface area contributed by atoms with Crippen molar-refractivity contribution in [2.45, 2.75) is 39.2 Å². The number of aliphatic carboxylic acids is 1. The van der Waals surface area contributed by atoms with E-state index in [1.165, 1.54) is 4.90 Å². The second-order valence-corrected chi connectivity index (χ2v) is 4.88. The van der Waals surface area contributed by atoms with E-state index in [1.807, 2.05) is 0 Å². The van der Waals surface area contributed by atoms with Gasteiger partial charge in [0.2, 0.25) is 11.8 Å². The fourth-order valence-corrected chi connectivity index (χ4v) is 1.56. The van der Waals surface area contributed by atoms with Gasteiger partial charge in [-0.3, -0.25) is 9.59 Å². The molecule has 1 heterocycles. The summed E-state index contributed by atoms with van der Waals surface area (Å²) in [5.41, 5.74) is -0.745. The summed E-state index contributed by atoms with van der Waals surface area (Å²) in [4.78, 5) is 28.1. The molecule has 1 aromatic heterocycles. The molecule has 100 valence electrons. The molecule has 0 atom stereocenters. The SMILES string of the molecule is Cc1cnc(CC(=O)N(C)C(C)(C)CC(=O)O)o1. The Balaban J connectivity index is 2.68. The van der Waals surface area contributed by atoms with Crippen molar-refractivity contribution in [1.29, 1.82) is 0 Å². The molecule has 1 rings (SSSR count). The number of carboxylic acid groups (broad SMARTS) is 1. The summed E-state index contributed by atoms with van der Waals surface area (Å²) in [7, 11) is 1.58. The van der Waals surface area contributed by atoms with Gasteiger partial charge >= 0.3 is 5.97 Å². The zero-order chi connectivity index (χ0) is 13.9. The number of carboxylic acids is 1. The number of amides is 1. The lowest BCUT2D eigenvalue weighted by Gasteiger charge is -2.34. The normalized spacial score (nSPS) is 11.3. The van der Waals surface area contributed by atoms with Crippen LogP contribution in [0.4, 0.5) is 0 Å². The van der Waals surface area contributed by atoms with E-state index in [1.54, 1.807) is 34.0 Å². The third-order valence-corrected chi connectivity index (χ3v) is 2.84.